The maximum atomic E-state index is 12.0. The number of rotatable bonds is 6. The lowest BCUT2D eigenvalue weighted by Gasteiger charge is -2.34. The molecular weight excluding hydrogens is 280 g/mol. The molecule has 1 atom stereocenters. The predicted octanol–water partition coefficient (Wildman–Crippen LogP) is 1.26. The summed E-state index contributed by atoms with van der Waals surface area (Å²) < 4.78 is 5.10. The van der Waals surface area contributed by atoms with Crippen molar-refractivity contribution < 1.29 is 9.32 Å². The molecule has 1 fully saturated rings. The molecule has 6 nitrogen and oxygen atoms in total. The molecular formula is C16H28N4O2. The first-order valence-corrected chi connectivity index (χ1v) is 8.10. The van der Waals surface area contributed by atoms with Gasteiger partial charge in [0.1, 0.15) is 5.76 Å². The van der Waals surface area contributed by atoms with E-state index in [-0.39, 0.29) is 11.9 Å². The fourth-order valence-electron chi connectivity index (χ4n) is 2.50. The lowest BCUT2D eigenvalue weighted by atomic mass is 10.1. The van der Waals surface area contributed by atoms with Crippen molar-refractivity contribution in [1.82, 2.24) is 20.3 Å². The first-order chi connectivity index (χ1) is 10.4. The highest BCUT2D eigenvalue weighted by molar-refractivity contribution is 5.78. The van der Waals surface area contributed by atoms with E-state index in [0.29, 0.717) is 12.5 Å². The maximum absolute atomic E-state index is 12.0. The number of nitrogens with one attached hydrogen (secondary N) is 1. The third kappa shape index (κ3) is 5.10. The van der Waals surface area contributed by atoms with Crippen LogP contribution in [0.3, 0.4) is 0 Å². The van der Waals surface area contributed by atoms with Gasteiger partial charge in [0, 0.05) is 44.8 Å². The first-order valence-electron chi connectivity index (χ1n) is 8.10. The molecule has 1 aromatic heterocycles. The van der Waals surface area contributed by atoms with Crippen molar-refractivity contribution in [2.45, 2.75) is 40.3 Å². The Morgan fingerprint density at radius 2 is 1.91 bits per heavy atom. The van der Waals surface area contributed by atoms with Crippen molar-refractivity contribution in [1.29, 1.82) is 0 Å². The van der Waals surface area contributed by atoms with Crippen LogP contribution in [0.5, 0.6) is 0 Å². The maximum Gasteiger partial charge on any atom is 0.234 e. The van der Waals surface area contributed by atoms with Crippen molar-refractivity contribution in [3.63, 3.8) is 0 Å². The molecule has 1 aliphatic heterocycles. The van der Waals surface area contributed by atoms with E-state index in [4.69, 9.17) is 4.52 Å². The molecule has 0 aromatic carbocycles. The van der Waals surface area contributed by atoms with E-state index < -0.39 is 0 Å². The van der Waals surface area contributed by atoms with Crippen LogP contribution in [0.4, 0.5) is 0 Å². The van der Waals surface area contributed by atoms with Crippen molar-refractivity contribution in [3.8, 4) is 0 Å². The Kier molecular flexibility index (Phi) is 5.97. The third-order valence-electron chi connectivity index (χ3n) is 4.28. The number of piperazine rings is 1. The number of carbonyl (C=O) groups is 1. The van der Waals surface area contributed by atoms with Crippen LogP contribution in [-0.4, -0.2) is 59.6 Å². The molecule has 0 radical (unpaired) electrons. The van der Waals surface area contributed by atoms with Gasteiger partial charge in [-0.3, -0.25) is 14.6 Å². The highest BCUT2D eigenvalue weighted by Gasteiger charge is 2.20. The minimum Gasteiger partial charge on any atom is -0.361 e. The van der Waals surface area contributed by atoms with E-state index >= 15 is 0 Å². The largest absolute Gasteiger partial charge is 0.361 e. The Morgan fingerprint density at radius 3 is 2.45 bits per heavy atom. The van der Waals surface area contributed by atoms with Crippen molar-refractivity contribution in [3.05, 3.63) is 17.5 Å². The van der Waals surface area contributed by atoms with Crippen LogP contribution >= 0.6 is 0 Å². The summed E-state index contributed by atoms with van der Waals surface area (Å²) >= 11 is 0. The molecule has 2 heterocycles. The zero-order chi connectivity index (χ0) is 16.1. The second-order valence-corrected chi connectivity index (χ2v) is 6.58. The molecule has 1 aliphatic rings. The van der Waals surface area contributed by atoms with E-state index in [9.17, 15) is 4.79 Å². The summed E-state index contributed by atoms with van der Waals surface area (Å²) in [6, 6.07) is 2.21. The van der Waals surface area contributed by atoms with E-state index in [2.05, 4.69) is 41.0 Å². The smallest absolute Gasteiger partial charge is 0.234 e. The molecule has 1 aromatic rings. The quantitative estimate of drug-likeness (QED) is 0.857. The molecule has 0 saturated carbocycles. The fraction of sp³-hybridized carbons (Fsp3) is 0.750. The van der Waals surface area contributed by atoms with Gasteiger partial charge in [0.05, 0.1) is 12.2 Å². The zero-order valence-electron chi connectivity index (χ0n) is 14.1. The fourth-order valence-corrected chi connectivity index (χ4v) is 2.50. The van der Waals surface area contributed by atoms with Gasteiger partial charge in [-0.2, -0.15) is 0 Å². The highest BCUT2D eigenvalue weighted by Crippen LogP contribution is 2.09. The van der Waals surface area contributed by atoms with Crippen molar-refractivity contribution in [2.75, 3.05) is 32.7 Å². The summed E-state index contributed by atoms with van der Waals surface area (Å²) in [5.74, 6) is 1.44. The summed E-state index contributed by atoms with van der Waals surface area (Å²) in [6.45, 7) is 13.3. The molecule has 2 rings (SSSR count). The minimum absolute atomic E-state index is 0.127. The molecule has 0 bridgehead atoms. The molecule has 1 saturated heterocycles. The summed E-state index contributed by atoms with van der Waals surface area (Å²) in [4.78, 5) is 16.6. The average molecular weight is 308 g/mol. The van der Waals surface area contributed by atoms with E-state index in [0.717, 1.165) is 44.2 Å². The third-order valence-corrected chi connectivity index (χ3v) is 4.28. The van der Waals surface area contributed by atoms with Gasteiger partial charge >= 0.3 is 0 Å². The zero-order valence-corrected chi connectivity index (χ0v) is 14.1. The van der Waals surface area contributed by atoms with Crippen LogP contribution < -0.4 is 5.32 Å². The summed E-state index contributed by atoms with van der Waals surface area (Å²) in [5, 5.41) is 7.10. The number of aryl methyl sites for hydroxylation is 1. The van der Waals surface area contributed by atoms with Crippen LogP contribution in [0, 0.1) is 12.8 Å². The van der Waals surface area contributed by atoms with Crippen LogP contribution in [0.25, 0.3) is 0 Å². The van der Waals surface area contributed by atoms with E-state index in [1.165, 1.54) is 0 Å². The Balaban J connectivity index is 1.69. The van der Waals surface area contributed by atoms with Gasteiger partial charge in [-0.1, -0.05) is 19.0 Å². The molecule has 1 unspecified atom stereocenters. The lowest BCUT2D eigenvalue weighted by Crippen LogP contribution is -2.50. The Morgan fingerprint density at radius 1 is 1.27 bits per heavy atom. The van der Waals surface area contributed by atoms with Gasteiger partial charge in [0.25, 0.3) is 0 Å². The predicted molar refractivity (Wildman–Crippen MR) is 85.4 cm³/mol. The van der Waals surface area contributed by atoms with Gasteiger partial charge < -0.3 is 9.84 Å². The van der Waals surface area contributed by atoms with E-state index in [1.807, 2.05) is 13.0 Å². The summed E-state index contributed by atoms with van der Waals surface area (Å²) in [5.41, 5.74) is 0.981. The Hall–Kier alpha value is -1.40. The van der Waals surface area contributed by atoms with Crippen molar-refractivity contribution in [2.24, 2.45) is 5.92 Å². The molecule has 6 heteroatoms. The Bertz CT molecular complexity index is 478. The minimum atomic E-state index is 0.127. The number of amides is 1. The van der Waals surface area contributed by atoms with Crippen LogP contribution in [0.2, 0.25) is 0 Å². The van der Waals surface area contributed by atoms with Gasteiger partial charge in [-0.25, -0.2) is 0 Å². The van der Waals surface area contributed by atoms with Crippen LogP contribution in [-0.2, 0) is 11.3 Å². The summed E-state index contributed by atoms with van der Waals surface area (Å²) in [7, 11) is 0. The number of carbonyl (C=O) groups excluding carboxylic acids is 1. The standard InChI is InChI=1S/C16H28N4O2/c1-12(2)14(4)17-16(21)11-20-7-5-19(6-8-20)10-15-9-13(3)22-18-15/h9,12,14H,5-8,10-11H2,1-4H3,(H,17,21). The van der Waals surface area contributed by atoms with Gasteiger partial charge in [0.2, 0.25) is 5.91 Å². The number of hydrogen-bond donors (Lipinski definition) is 1. The molecule has 1 amide bonds. The lowest BCUT2D eigenvalue weighted by molar-refractivity contribution is -0.123. The molecule has 1 N–H and O–H groups in total. The van der Waals surface area contributed by atoms with E-state index in [1.54, 1.807) is 0 Å². The van der Waals surface area contributed by atoms with Crippen LogP contribution in [0.15, 0.2) is 10.6 Å². The second-order valence-electron chi connectivity index (χ2n) is 6.58. The number of nitrogens with zero attached hydrogens (tertiary/aromatic N) is 3. The SMILES string of the molecule is Cc1cc(CN2CCN(CC(=O)NC(C)C(C)C)CC2)no1. The van der Waals surface area contributed by atoms with Crippen LogP contribution in [0.1, 0.15) is 32.2 Å². The monoisotopic (exact) mass is 308 g/mol. The average Bonchev–Trinajstić information content (AvgIpc) is 2.86. The summed E-state index contributed by atoms with van der Waals surface area (Å²) in [6.07, 6.45) is 0. The van der Waals surface area contributed by atoms with Gasteiger partial charge in [0.15, 0.2) is 0 Å². The second kappa shape index (κ2) is 7.74. The molecule has 0 spiro atoms. The highest BCUT2D eigenvalue weighted by atomic mass is 16.5. The first kappa shape index (κ1) is 17.0. The normalized spacial score (nSPS) is 18.6. The molecule has 22 heavy (non-hydrogen) atoms. The molecule has 0 aliphatic carbocycles. The Labute approximate surface area is 132 Å². The number of aromatic nitrogens is 1. The number of hydrogen-bond acceptors (Lipinski definition) is 5. The topological polar surface area (TPSA) is 61.6 Å². The van der Waals surface area contributed by atoms with Gasteiger partial charge in [-0.15, -0.1) is 0 Å². The molecule has 124 valence electrons. The van der Waals surface area contributed by atoms with Gasteiger partial charge in [-0.05, 0) is 19.8 Å². The van der Waals surface area contributed by atoms with Crippen molar-refractivity contribution >= 4 is 5.91 Å².